The quantitative estimate of drug-likeness (QED) is 0.152. The monoisotopic (exact) mass is 404 g/mol. The SMILES string of the molecule is CCCCCCCCCCCCOc1ccc(/C=C(/C#N)c2ccc(N)cc2)cc1. The van der Waals surface area contributed by atoms with Crippen molar-refractivity contribution in [3.8, 4) is 11.8 Å². The van der Waals surface area contributed by atoms with E-state index >= 15 is 0 Å². The van der Waals surface area contributed by atoms with Crippen LogP contribution in [0.25, 0.3) is 11.6 Å². The summed E-state index contributed by atoms with van der Waals surface area (Å²) < 4.78 is 5.86. The lowest BCUT2D eigenvalue weighted by atomic mass is 10.0. The fourth-order valence-electron chi connectivity index (χ4n) is 3.45. The summed E-state index contributed by atoms with van der Waals surface area (Å²) in [5, 5.41) is 9.46. The molecule has 0 aromatic heterocycles. The van der Waals surface area contributed by atoms with Gasteiger partial charge >= 0.3 is 0 Å². The molecule has 0 aliphatic heterocycles. The van der Waals surface area contributed by atoms with Crippen LogP contribution in [-0.2, 0) is 0 Å². The van der Waals surface area contributed by atoms with E-state index in [0.29, 0.717) is 11.3 Å². The second-order valence-electron chi connectivity index (χ2n) is 7.89. The molecule has 2 aromatic carbocycles. The minimum atomic E-state index is 0.619. The third kappa shape index (κ3) is 9.18. The Morgan fingerprint density at radius 3 is 1.97 bits per heavy atom. The maximum atomic E-state index is 9.46. The van der Waals surface area contributed by atoms with Crippen molar-refractivity contribution in [2.24, 2.45) is 0 Å². The van der Waals surface area contributed by atoms with Gasteiger partial charge in [0, 0.05) is 5.69 Å². The Hall–Kier alpha value is -2.73. The number of ether oxygens (including phenoxy) is 1. The summed E-state index contributed by atoms with van der Waals surface area (Å²) in [7, 11) is 0. The maximum Gasteiger partial charge on any atom is 0.119 e. The number of anilines is 1. The van der Waals surface area contributed by atoms with Gasteiger partial charge in [-0.1, -0.05) is 89.0 Å². The predicted molar refractivity (Wildman–Crippen MR) is 128 cm³/mol. The lowest BCUT2D eigenvalue weighted by molar-refractivity contribution is 0.304. The molecule has 0 radical (unpaired) electrons. The van der Waals surface area contributed by atoms with Crippen molar-refractivity contribution in [1.82, 2.24) is 0 Å². The van der Waals surface area contributed by atoms with E-state index in [1.165, 1.54) is 57.8 Å². The van der Waals surface area contributed by atoms with E-state index in [2.05, 4.69) is 13.0 Å². The summed E-state index contributed by atoms with van der Waals surface area (Å²) in [4.78, 5) is 0. The van der Waals surface area contributed by atoms with Crippen molar-refractivity contribution in [2.45, 2.75) is 71.1 Å². The normalized spacial score (nSPS) is 11.3. The van der Waals surface area contributed by atoms with Crippen molar-refractivity contribution in [2.75, 3.05) is 12.3 Å². The van der Waals surface area contributed by atoms with Crippen molar-refractivity contribution in [1.29, 1.82) is 5.26 Å². The fourth-order valence-corrected chi connectivity index (χ4v) is 3.45. The molecule has 0 amide bonds. The van der Waals surface area contributed by atoms with Crippen LogP contribution < -0.4 is 10.5 Å². The summed E-state index contributed by atoms with van der Waals surface area (Å²) in [5.41, 5.74) is 8.89. The molecule has 0 atom stereocenters. The molecule has 160 valence electrons. The zero-order chi connectivity index (χ0) is 21.4. The van der Waals surface area contributed by atoms with Crippen LogP contribution in [0.2, 0.25) is 0 Å². The predicted octanol–water partition coefficient (Wildman–Crippen LogP) is 7.63. The van der Waals surface area contributed by atoms with Crippen LogP contribution in [0.1, 0.15) is 82.3 Å². The number of unbranched alkanes of at least 4 members (excludes halogenated alkanes) is 9. The molecule has 3 heteroatoms. The highest BCUT2D eigenvalue weighted by Gasteiger charge is 2.02. The van der Waals surface area contributed by atoms with Crippen molar-refractivity contribution in [3.05, 3.63) is 59.7 Å². The summed E-state index contributed by atoms with van der Waals surface area (Å²) >= 11 is 0. The molecule has 2 aromatic rings. The van der Waals surface area contributed by atoms with Gasteiger partial charge in [-0.25, -0.2) is 0 Å². The van der Waals surface area contributed by atoms with Crippen LogP contribution in [0, 0.1) is 11.3 Å². The van der Waals surface area contributed by atoms with Gasteiger partial charge in [0.05, 0.1) is 18.2 Å². The Balaban J connectivity index is 1.66. The molecule has 0 aliphatic carbocycles. The van der Waals surface area contributed by atoms with E-state index in [4.69, 9.17) is 10.5 Å². The molecule has 30 heavy (non-hydrogen) atoms. The Bertz CT molecular complexity index is 785. The van der Waals surface area contributed by atoms with Gasteiger partial charge in [-0.15, -0.1) is 0 Å². The molecule has 0 fully saturated rings. The fraction of sp³-hybridized carbons (Fsp3) is 0.444. The number of benzene rings is 2. The Morgan fingerprint density at radius 2 is 1.40 bits per heavy atom. The smallest absolute Gasteiger partial charge is 0.119 e. The van der Waals surface area contributed by atoms with Gasteiger partial charge in [0.2, 0.25) is 0 Å². The molecule has 2 N–H and O–H groups in total. The largest absolute Gasteiger partial charge is 0.494 e. The third-order valence-electron chi connectivity index (χ3n) is 5.30. The lowest BCUT2D eigenvalue weighted by Gasteiger charge is -2.07. The molecule has 3 nitrogen and oxygen atoms in total. The first-order valence-electron chi connectivity index (χ1n) is 11.4. The molecule has 0 bridgehead atoms. The number of rotatable bonds is 14. The van der Waals surface area contributed by atoms with E-state index in [1.807, 2.05) is 54.6 Å². The average Bonchev–Trinajstić information content (AvgIpc) is 2.77. The van der Waals surface area contributed by atoms with Gasteiger partial charge in [0.1, 0.15) is 5.75 Å². The maximum absolute atomic E-state index is 9.46. The second kappa shape index (κ2) is 14.3. The summed E-state index contributed by atoms with van der Waals surface area (Å²) in [6.45, 7) is 3.03. The van der Waals surface area contributed by atoms with Crippen LogP contribution in [0.3, 0.4) is 0 Å². The van der Waals surface area contributed by atoms with Crippen molar-refractivity contribution >= 4 is 17.3 Å². The van der Waals surface area contributed by atoms with Gasteiger partial charge in [-0.2, -0.15) is 5.26 Å². The number of nitrogens with zero attached hydrogens (tertiary/aromatic N) is 1. The number of hydrogen-bond acceptors (Lipinski definition) is 3. The van der Waals surface area contributed by atoms with Crippen LogP contribution in [0.15, 0.2) is 48.5 Å². The number of nitriles is 1. The van der Waals surface area contributed by atoms with Crippen LogP contribution in [-0.4, -0.2) is 6.61 Å². The number of hydrogen-bond donors (Lipinski definition) is 1. The molecular weight excluding hydrogens is 368 g/mol. The summed E-state index contributed by atoms with van der Waals surface area (Å²) in [6.07, 6.45) is 15.2. The van der Waals surface area contributed by atoms with Crippen LogP contribution in [0.5, 0.6) is 5.75 Å². The van der Waals surface area contributed by atoms with Gasteiger partial charge in [0.25, 0.3) is 0 Å². The molecule has 0 aliphatic rings. The molecule has 0 saturated carbocycles. The number of allylic oxidation sites excluding steroid dienone is 1. The van der Waals surface area contributed by atoms with Gasteiger partial charge in [-0.05, 0) is 47.9 Å². The van der Waals surface area contributed by atoms with Gasteiger partial charge in [-0.3, -0.25) is 0 Å². The number of nitrogen functional groups attached to an aromatic ring is 1. The molecular formula is C27H36N2O. The first kappa shape index (κ1) is 23.5. The van der Waals surface area contributed by atoms with E-state index in [1.54, 1.807) is 0 Å². The van der Waals surface area contributed by atoms with E-state index < -0.39 is 0 Å². The topological polar surface area (TPSA) is 59.0 Å². The van der Waals surface area contributed by atoms with Gasteiger partial charge < -0.3 is 10.5 Å². The highest BCUT2D eigenvalue weighted by molar-refractivity contribution is 5.89. The summed E-state index contributed by atoms with van der Waals surface area (Å²) in [5.74, 6) is 0.883. The third-order valence-corrected chi connectivity index (χ3v) is 5.30. The summed E-state index contributed by atoms with van der Waals surface area (Å²) in [6, 6.07) is 17.5. The Kier molecular flexibility index (Phi) is 11.2. The number of nitrogens with two attached hydrogens (primary N) is 1. The Morgan fingerprint density at radius 1 is 0.833 bits per heavy atom. The molecule has 0 unspecified atom stereocenters. The van der Waals surface area contributed by atoms with Crippen LogP contribution >= 0.6 is 0 Å². The van der Waals surface area contributed by atoms with E-state index in [-0.39, 0.29) is 0 Å². The highest BCUT2D eigenvalue weighted by Crippen LogP contribution is 2.21. The molecule has 0 heterocycles. The second-order valence-corrected chi connectivity index (χ2v) is 7.89. The molecule has 0 spiro atoms. The minimum Gasteiger partial charge on any atom is -0.494 e. The van der Waals surface area contributed by atoms with E-state index in [0.717, 1.165) is 29.9 Å². The molecule has 0 saturated heterocycles. The highest BCUT2D eigenvalue weighted by atomic mass is 16.5. The van der Waals surface area contributed by atoms with E-state index in [9.17, 15) is 5.26 Å². The van der Waals surface area contributed by atoms with Gasteiger partial charge in [0.15, 0.2) is 0 Å². The zero-order valence-electron chi connectivity index (χ0n) is 18.4. The van der Waals surface area contributed by atoms with Crippen molar-refractivity contribution in [3.63, 3.8) is 0 Å². The zero-order valence-corrected chi connectivity index (χ0v) is 18.4. The lowest BCUT2D eigenvalue weighted by Crippen LogP contribution is -1.97. The van der Waals surface area contributed by atoms with Crippen molar-refractivity contribution < 1.29 is 4.74 Å². The standard InChI is InChI=1S/C27H36N2O/c1-2-3-4-5-6-7-8-9-10-11-20-30-27-18-12-23(13-19-27)21-25(22-28)24-14-16-26(29)17-15-24/h12-19,21H,2-11,20,29H2,1H3/b25-21-. The first-order valence-corrected chi connectivity index (χ1v) is 11.4. The van der Waals surface area contributed by atoms with Crippen LogP contribution in [0.4, 0.5) is 5.69 Å². The first-order chi connectivity index (χ1) is 14.7. The average molecular weight is 405 g/mol. The Labute approximate surface area is 182 Å². The molecule has 2 rings (SSSR count). The minimum absolute atomic E-state index is 0.619.